The molecular weight excluding hydrogens is 212 g/mol. The zero-order chi connectivity index (χ0) is 11.3. The predicted molar refractivity (Wildman–Crippen MR) is 60.2 cm³/mol. The number of rotatable bonds is 5. The summed E-state index contributed by atoms with van der Waals surface area (Å²) in [6.45, 7) is 1.96. The number of hydrogen-bond acceptors (Lipinski definition) is 2. The van der Waals surface area contributed by atoms with Gasteiger partial charge in [-0.2, -0.15) is 0 Å². The molecule has 15 heavy (non-hydrogen) atoms. The summed E-state index contributed by atoms with van der Waals surface area (Å²) in [7, 11) is 0. The highest BCUT2D eigenvalue weighted by atomic mass is 32.2. The van der Waals surface area contributed by atoms with Crippen molar-refractivity contribution in [3.05, 3.63) is 35.4 Å². The van der Waals surface area contributed by atoms with Crippen LogP contribution in [-0.2, 0) is 16.8 Å². The molecule has 0 aromatic heterocycles. The summed E-state index contributed by atoms with van der Waals surface area (Å²) < 4.78 is 19.2. The average molecular weight is 226 g/mol. The third kappa shape index (κ3) is 3.93. The molecule has 0 aliphatic carbocycles. The van der Waals surface area contributed by atoms with Crippen LogP contribution in [0, 0.1) is 0 Å². The minimum atomic E-state index is -1.82. The lowest BCUT2D eigenvalue weighted by Crippen LogP contribution is -1.99. The van der Waals surface area contributed by atoms with Crippen molar-refractivity contribution in [1.82, 2.24) is 0 Å². The molecule has 0 heterocycles. The normalized spacial score (nSPS) is 12.4. The first-order valence-corrected chi connectivity index (χ1v) is 6.10. The third-order valence-electron chi connectivity index (χ3n) is 2.04. The minimum absolute atomic E-state index is 0.113. The van der Waals surface area contributed by atoms with E-state index in [0.717, 1.165) is 12.0 Å². The van der Waals surface area contributed by atoms with Gasteiger partial charge in [-0.15, -0.1) is 0 Å². The van der Waals surface area contributed by atoms with Gasteiger partial charge in [0.1, 0.15) is 0 Å². The number of benzene rings is 1. The van der Waals surface area contributed by atoms with Gasteiger partial charge < -0.3 is 4.55 Å². The highest BCUT2D eigenvalue weighted by molar-refractivity contribution is 7.78. The van der Waals surface area contributed by atoms with Gasteiger partial charge in [0, 0.05) is 12.0 Å². The Morgan fingerprint density at radius 3 is 2.40 bits per heavy atom. The van der Waals surface area contributed by atoms with Gasteiger partial charge in [-0.3, -0.25) is 4.79 Å². The van der Waals surface area contributed by atoms with Crippen molar-refractivity contribution in [2.45, 2.75) is 25.5 Å². The summed E-state index contributed by atoms with van der Waals surface area (Å²) >= 11 is -1.82. The van der Waals surface area contributed by atoms with Crippen LogP contribution >= 0.6 is 0 Å². The van der Waals surface area contributed by atoms with Crippen LogP contribution in [0.15, 0.2) is 24.3 Å². The summed E-state index contributed by atoms with van der Waals surface area (Å²) in [6, 6.07) is 6.86. The topological polar surface area (TPSA) is 54.4 Å². The van der Waals surface area contributed by atoms with E-state index in [-0.39, 0.29) is 11.5 Å². The molecule has 0 spiro atoms. The van der Waals surface area contributed by atoms with E-state index in [2.05, 4.69) is 0 Å². The maximum Gasteiger partial charge on any atom is 0.162 e. The van der Waals surface area contributed by atoms with Gasteiger partial charge in [0.25, 0.3) is 0 Å². The minimum Gasteiger partial charge on any atom is -0.306 e. The van der Waals surface area contributed by atoms with Gasteiger partial charge in [0.2, 0.25) is 0 Å². The summed E-state index contributed by atoms with van der Waals surface area (Å²) in [5.74, 6) is 0.233. The summed E-state index contributed by atoms with van der Waals surface area (Å²) in [5, 5.41) is 0. The van der Waals surface area contributed by atoms with E-state index >= 15 is 0 Å². The fourth-order valence-electron chi connectivity index (χ4n) is 1.30. The molecule has 0 radical (unpaired) electrons. The summed E-state index contributed by atoms with van der Waals surface area (Å²) in [4.78, 5) is 11.5. The second-order valence-electron chi connectivity index (χ2n) is 3.34. The van der Waals surface area contributed by atoms with E-state index in [0.29, 0.717) is 12.0 Å². The van der Waals surface area contributed by atoms with Crippen molar-refractivity contribution >= 4 is 16.9 Å². The zero-order valence-corrected chi connectivity index (χ0v) is 9.42. The van der Waals surface area contributed by atoms with Crippen molar-refractivity contribution in [2.75, 3.05) is 0 Å². The monoisotopic (exact) mass is 226 g/mol. The first-order valence-electron chi connectivity index (χ1n) is 4.83. The van der Waals surface area contributed by atoms with Crippen molar-refractivity contribution in [3.8, 4) is 0 Å². The third-order valence-corrected chi connectivity index (χ3v) is 2.62. The molecule has 4 heteroatoms. The van der Waals surface area contributed by atoms with Gasteiger partial charge in [0.15, 0.2) is 16.9 Å². The lowest BCUT2D eigenvalue weighted by Gasteiger charge is -2.01. The zero-order valence-electron chi connectivity index (χ0n) is 8.60. The first-order chi connectivity index (χ1) is 7.13. The number of ketones is 1. The molecule has 0 saturated carbocycles. The van der Waals surface area contributed by atoms with Crippen molar-refractivity contribution in [2.24, 2.45) is 0 Å². The molecule has 0 bridgehead atoms. The van der Waals surface area contributed by atoms with E-state index in [1.807, 2.05) is 6.92 Å². The van der Waals surface area contributed by atoms with E-state index < -0.39 is 11.1 Å². The van der Waals surface area contributed by atoms with Gasteiger partial charge in [0.05, 0.1) is 5.75 Å². The Balaban J connectivity index is 2.71. The SMILES string of the molecule is CCCC(=O)c1ccc(CS(=O)O)cc1. The Morgan fingerprint density at radius 2 is 1.93 bits per heavy atom. The summed E-state index contributed by atoms with van der Waals surface area (Å²) in [5.41, 5.74) is 1.44. The van der Waals surface area contributed by atoms with E-state index in [9.17, 15) is 9.00 Å². The molecule has 1 atom stereocenters. The van der Waals surface area contributed by atoms with Gasteiger partial charge in [-0.25, -0.2) is 4.21 Å². The molecule has 0 amide bonds. The maximum atomic E-state index is 11.5. The molecule has 1 rings (SSSR count). The fraction of sp³-hybridized carbons (Fsp3) is 0.364. The van der Waals surface area contributed by atoms with Crippen molar-refractivity contribution in [1.29, 1.82) is 0 Å². The predicted octanol–water partition coefficient (Wildman–Crippen LogP) is 2.39. The van der Waals surface area contributed by atoms with Crippen LogP contribution in [0.5, 0.6) is 0 Å². The molecule has 0 fully saturated rings. The molecule has 1 aromatic rings. The smallest absolute Gasteiger partial charge is 0.162 e. The van der Waals surface area contributed by atoms with E-state index in [4.69, 9.17) is 4.55 Å². The number of carbonyl (C=O) groups is 1. The maximum absolute atomic E-state index is 11.5. The largest absolute Gasteiger partial charge is 0.306 e. The molecule has 82 valence electrons. The van der Waals surface area contributed by atoms with E-state index in [1.165, 1.54) is 0 Å². The molecule has 3 nitrogen and oxygen atoms in total. The quantitative estimate of drug-likeness (QED) is 0.619. The standard InChI is InChI=1S/C11H14O3S/c1-2-3-11(12)10-6-4-9(5-7-10)8-15(13)14/h4-7H,2-3,8H2,1H3,(H,13,14). The van der Waals surface area contributed by atoms with E-state index in [1.54, 1.807) is 24.3 Å². The van der Waals surface area contributed by atoms with Crippen molar-refractivity contribution < 1.29 is 13.6 Å². The first kappa shape index (κ1) is 12.1. The molecule has 0 saturated heterocycles. The van der Waals surface area contributed by atoms with Crippen LogP contribution in [0.3, 0.4) is 0 Å². The second-order valence-corrected chi connectivity index (χ2v) is 4.27. The Morgan fingerprint density at radius 1 is 1.33 bits per heavy atom. The Kier molecular flexibility index (Phi) is 4.65. The lowest BCUT2D eigenvalue weighted by molar-refractivity contribution is 0.0982. The van der Waals surface area contributed by atoms with Gasteiger partial charge in [-0.05, 0) is 12.0 Å². The van der Waals surface area contributed by atoms with Crippen molar-refractivity contribution in [3.63, 3.8) is 0 Å². The van der Waals surface area contributed by atoms with Crippen LogP contribution < -0.4 is 0 Å². The average Bonchev–Trinajstić information content (AvgIpc) is 2.18. The van der Waals surface area contributed by atoms with Crippen LogP contribution in [0.25, 0.3) is 0 Å². The Bertz CT molecular complexity index is 357. The van der Waals surface area contributed by atoms with Crippen LogP contribution in [0.1, 0.15) is 35.7 Å². The number of Topliss-reactive ketones (excluding diaryl/α,β-unsaturated/α-hetero) is 1. The Hall–Kier alpha value is -1.00. The van der Waals surface area contributed by atoms with Crippen LogP contribution in [-0.4, -0.2) is 14.5 Å². The summed E-state index contributed by atoms with van der Waals surface area (Å²) in [6.07, 6.45) is 1.38. The Labute approximate surface area is 91.8 Å². The molecule has 1 unspecified atom stereocenters. The fourth-order valence-corrected chi connectivity index (χ4v) is 1.78. The highest BCUT2D eigenvalue weighted by Crippen LogP contribution is 2.09. The number of carbonyl (C=O) groups excluding carboxylic acids is 1. The molecular formula is C11H14O3S. The van der Waals surface area contributed by atoms with Crippen LogP contribution in [0.4, 0.5) is 0 Å². The number of hydrogen-bond donors (Lipinski definition) is 1. The van der Waals surface area contributed by atoms with Gasteiger partial charge >= 0.3 is 0 Å². The van der Waals surface area contributed by atoms with Gasteiger partial charge in [-0.1, -0.05) is 31.2 Å². The lowest BCUT2D eigenvalue weighted by atomic mass is 10.1. The molecule has 1 aromatic carbocycles. The molecule has 1 N–H and O–H groups in total. The van der Waals surface area contributed by atoms with Crippen LogP contribution in [0.2, 0.25) is 0 Å². The second kappa shape index (κ2) is 5.78. The molecule has 0 aliphatic heterocycles. The molecule has 0 aliphatic rings. The highest BCUT2D eigenvalue weighted by Gasteiger charge is 2.04.